The van der Waals surface area contributed by atoms with E-state index in [-0.39, 0.29) is 5.56 Å². The highest BCUT2D eigenvalue weighted by atomic mass is 35.5. The van der Waals surface area contributed by atoms with Gasteiger partial charge in [0.1, 0.15) is 0 Å². The van der Waals surface area contributed by atoms with Crippen molar-refractivity contribution in [2.24, 2.45) is 14.1 Å². The van der Waals surface area contributed by atoms with E-state index < -0.39 is 5.69 Å². The topological polar surface area (TPSA) is 83.1 Å². The molecule has 0 atom stereocenters. The lowest BCUT2D eigenvalue weighted by molar-refractivity contribution is 0.197. The molecule has 27 heavy (non-hydrogen) atoms. The summed E-state index contributed by atoms with van der Waals surface area (Å²) < 4.78 is 9.33. The second kappa shape index (κ2) is 7.98. The number of methoxy groups -OCH3 is 1. The number of imidazole rings is 1. The van der Waals surface area contributed by atoms with Gasteiger partial charge in [0.2, 0.25) is 5.95 Å². The molecule has 0 bridgehead atoms. The van der Waals surface area contributed by atoms with Crippen molar-refractivity contribution in [3.05, 3.63) is 55.7 Å². The standard InChI is InChI=1S/C18H22ClN5O3/c1-22-15-14(16(25)23(2)18(22)26)24(11-12-6-4-7-13(19)10-12)17(21-15)20-8-5-9-27-3/h4,6-7,10H,5,8-9,11H2,1-3H3,(H,20,21). The minimum Gasteiger partial charge on any atom is -0.385 e. The normalized spacial score (nSPS) is 11.3. The SMILES string of the molecule is COCCCNc1nc2c(c(=O)n(C)c(=O)n2C)n1Cc1cccc(Cl)c1. The third-order valence-electron chi connectivity index (χ3n) is 4.39. The molecule has 0 unspecified atom stereocenters. The zero-order valence-electron chi connectivity index (χ0n) is 15.5. The number of benzene rings is 1. The Morgan fingerprint density at radius 3 is 2.70 bits per heavy atom. The first-order valence-electron chi connectivity index (χ1n) is 8.57. The highest BCUT2D eigenvalue weighted by Gasteiger charge is 2.19. The van der Waals surface area contributed by atoms with Crippen LogP contribution in [0.15, 0.2) is 33.9 Å². The van der Waals surface area contributed by atoms with E-state index in [2.05, 4.69) is 10.3 Å². The molecular weight excluding hydrogens is 370 g/mol. The second-order valence-electron chi connectivity index (χ2n) is 6.30. The number of nitrogens with one attached hydrogen (secondary N) is 1. The molecule has 3 aromatic rings. The first kappa shape index (κ1) is 19.2. The van der Waals surface area contributed by atoms with Crippen molar-refractivity contribution < 1.29 is 4.74 Å². The molecule has 144 valence electrons. The van der Waals surface area contributed by atoms with E-state index in [9.17, 15) is 9.59 Å². The number of aryl methyl sites for hydroxylation is 1. The molecule has 0 aliphatic carbocycles. The average Bonchev–Trinajstić information content (AvgIpc) is 3.00. The minimum absolute atomic E-state index is 0.347. The van der Waals surface area contributed by atoms with E-state index in [0.29, 0.717) is 41.8 Å². The number of anilines is 1. The van der Waals surface area contributed by atoms with E-state index in [1.54, 1.807) is 24.8 Å². The second-order valence-corrected chi connectivity index (χ2v) is 6.74. The van der Waals surface area contributed by atoms with Gasteiger partial charge in [-0.25, -0.2) is 4.79 Å². The fourth-order valence-corrected chi connectivity index (χ4v) is 3.18. The molecule has 0 aliphatic heterocycles. The van der Waals surface area contributed by atoms with Gasteiger partial charge in [-0.2, -0.15) is 4.98 Å². The maximum atomic E-state index is 12.8. The van der Waals surface area contributed by atoms with Gasteiger partial charge in [-0.15, -0.1) is 0 Å². The van der Waals surface area contributed by atoms with E-state index >= 15 is 0 Å². The van der Waals surface area contributed by atoms with Crippen LogP contribution >= 0.6 is 11.6 Å². The van der Waals surface area contributed by atoms with Crippen molar-refractivity contribution in [1.29, 1.82) is 0 Å². The number of nitrogens with zero attached hydrogens (tertiary/aromatic N) is 4. The summed E-state index contributed by atoms with van der Waals surface area (Å²) in [5, 5.41) is 3.86. The maximum absolute atomic E-state index is 12.8. The summed E-state index contributed by atoms with van der Waals surface area (Å²) in [6, 6.07) is 7.42. The third-order valence-corrected chi connectivity index (χ3v) is 4.62. The van der Waals surface area contributed by atoms with Crippen molar-refractivity contribution in [3.8, 4) is 0 Å². The Morgan fingerprint density at radius 2 is 2.00 bits per heavy atom. The van der Waals surface area contributed by atoms with E-state index in [1.165, 1.54) is 11.6 Å². The molecule has 0 spiro atoms. The lowest BCUT2D eigenvalue weighted by atomic mass is 10.2. The Bertz CT molecular complexity index is 1080. The van der Waals surface area contributed by atoms with Gasteiger partial charge in [-0.05, 0) is 24.1 Å². The van der Waals surface area contributed by atoms with Crippen LogP contribution in [0.4, 0.5) is 5.95 Å². The van der Waals surface area contributed by atoms with Crippen LogP contribution in [0.5, 0.6) is 0 Å². The minimum atomic E-state index is -0.411. The molecule has 2 aromatic heterocycles. The molecule has 0 aliphatic rings. The molecule has 0 fully saturated rings. The van der Waals surface area contributed by atoms with Gasteiger partial charge in [-0.3, -0.25) is 18.5 Å². The van der Waals surface area contributed by atoms with Gasteiger partial charge in [0.15, 0.2) is 11.2 Å². The van der Waals surface area contributed by atoms with Crippen LogP contribution < -0.4 is 16.6 Å². The molecule has 8 nitrogen and oxygen atoms in total. The molecule has 2 heterocycles. The average molecular weight is 392 g/mol. The fourth-order valence-electron chi connectivity index (χ4n) is 2.97. The molecule has 3 rings (SSSR count). The van der Waals surface area contributed by atoms with Crippen LogP contribution in [0.1, 0.15) is 12.0 Å². The van der Waals surface area contributed by atoms with Gasteiger partial charge < -0.3 is 10.1 Å². The highest BCUT2D eigenvalue weighted by Crippen LogP contribution is 2.19. The number of ether oxygens (including phenoxy) is 1. The van der Waals surface area contributed by atoms with E-state index in [0.717, 1.165) is 16.6 Å². The Labute approximate surface area is 161 Å². The Balaban J connectivity index is 2.14. The zero-order valence-corrected chi connectivity index (χ0v) is 16.3. The molecular formula is C18H22ClN5O3. The van der Waals surface area contributed by atoms with Crippen LogP contribution in [0.2, 0.25) is 5.02 Å². The van der Waals surface area contributed by atoms with Crippen molar-refractivity contribution in [2.75, 3.05) is 25.6 Å². The molecule has 0 saturated heterocycles. The van der Waals surface area contributed by atoms with Crippen LogP contribution in [0, 0.1) is 0 Å². The van der Waals surface area contributed by atoms with E-state index in [4.69, 9.17) is 16.3 Å². The van der Waals surface area contributed by atoms with Gasteiger partial charge in [0.05, 0.1) is 6.54 Å². The Kier molecular flexibility index (Phi) is 5.67. The number of rotatable bonds is 7. The summed E-state index contributed by atoms with van der Waals surface area (Å²) in [7, 11) is 4.72. The van der Waals surface area contributed by atoms with Gasteiger partial charge in [0.25, 0.3) is 5.56 Å². The van der Waals surface area contributed by atoms with Crippen molar-refractivity contribution in [3.63, 3.8) is 0 Å². The molecule has 0 radical (unpaired) electrons. The smallest absolute Gasteiger partial charge is 0.332 e. The van der Waals surface area contributed by atoms with E-state index in [1.807, 2.05) is 18.2 Å². The Hall–Kier alpha value is -2.58. The van der Waals surface area contributed by atoms with Crippen molar-refractivity contribution >= 4 is 28.7 Å². The lowest BCUT2D eigenvalue weighted by Gasteiger charge is -2.11. The summed E-state index contributed by atoms with van der Waals surface area (Å²) in [5.74, 6) is 0.527. The monoisotopic (exact) mass is 391 g/mol. The summed E-state index contributed by atoms with van der Waals surface area (Å²) in [5.41, 5.74) is 0.851. The molecule has 1 aromatic carbocycles. The number of hydrogen-bond acceptors (Lipinski definition) is 5. The zero-order chi connectivity index (χ0) is 19.6. The Morgan fingerprint density at radius 1 is 1.22 bits per heavy atom. The number of hydrogen-bond donors (Lipinski definition) is 1. The van der Waals surface area contributed by atoms with Crippen LogP contribution in [0.3, 0.4) is 0 Å². The molecule has 1 N–H and O–H groups in total. The molecule has 0 amide bonds. The molecule has 0 saturated carbocycles. The number of aromatic nitrogens is 4. The van der Waals surface area contributed by atoms with Crippen molar-refractivity contribution in [2.45, 2.75) is 13.0 Å². The van der Waals surface area contributed by atoms with Crippen LogP contribution in [-0.2, 0) is 25.4 Å². The summed E-state index contributed by atoms with van der Waals surface area (Å²) in [4.78, 5) is 29.6. The number of fused-ring (bicyclic) bond motifs is 1. The first-order chi connectivity index (χ1) is 12.9. The summed E-state index contributed by atoms with van der Waals surface area (Å²) >= 11 is 6.10. The van der Waals surface area contributed by atoms with Gasteiger partial charge in [0, 0.05) is 39.4 Å². The highest BCUT2D eigenvalue weighted by molar-refractivity contribution is 6.30. The maximum Gasteiger partial charge on any atom is 0.332 e. The fraction of sp³-hybridized carbons (Fsp3) is 0.389. The quantitative estimate of drug-likeness (QED) is 0.618. The largest absolute Gasteiger partial charge is 0.385 e. The summed E-state index contributed by atoms with van der Waals surface area (Å²) in [6.07, 6.45) is 0.786. The van der Waals surface area contributed by atoms with Crippen molar-refractivity contribution in [1.82, 2.24) is 18.7 Å². The predicted molar refractivity (Wildman–Crippen MR) is 106 cm³/mol. The predicted octanol–water partition coefficient (Wildman–Crippen LogP) is 1.58. The lowest BCUT2D eigenvalue weighted by Crippen LogP contribution is -2.37. The third kappa shape index (κ3) is 3.77. The number of halogens is 1. The van der Waals surface area contributed by atoms with Crippen LogP contribution in [0.25, 0.3) is 11.2 Å². The molecule has 9 heteroatoms. The van der Waals surface area contributed by atoms with Crippen LogP contribution in [-0.4, -0.2) is 38.9 Å². The van der Waals surface area contributed by atoms with Gasteiger partial charge >= 0.3 is 5.69 Å². The summed E-state index contributed by atoms with van der Waals surface area (Å²) in [6.45, 7) is 1.64. The first-order valence-corrected chi connectivity index (χ1v) is 8.95. The van der Waals surface area contributed by atoms with Gasteiger partial charge in [-0.1, -0.05) is 23.7 Å².